The third-order valence-electron chi connectivity index (χ3n) is 2.63. The van der Waals surface area contributed by atoms with Gasteiger partial charge in [0.1, 0.15) is 5.82 Å². The first-order valence-electron chi connectivity index (χ1n) is 5.40. The van der Waals surface area contributed by atoms with Crippen molar-refractivity contribution < 1.29 is 22.5 Å². The second-order valence-corrected chi connectivity index (χ2v) is 4.03. The first-order valence-corrected chi connectivity index (χ1v) is 5.40. The Bertz CT molecular complexity index is 650. The van der Waals surface area contributed by atoms with Gasteiger partial charge in [-0.1, -0.05) is 12.1 Å². The summed E-state index contributed by atoms with van der Waals surface area (Å²) >= 11 is 0. The molecule has 104 valence electrons. The normalized spacial score (nSPS) is 11.4. The summed E-state index contributed by atoms with van der Waals surface area (Å²) in [5.74, 6) is -0.546. The van der Waals surface area contributed by atoms with Crippen molar-refractivity contribution in [2.75, 3.05) is 0 Å². The lowest BCUT2D eigenvalue weighted by atomic mass is 10.0. The average Bonchev–Trinajstić information content (AvgIpc) is 2.38. The van der Waals surface area contributed by atoms with Gasteiger partial charge in [-0.15, -0.1) is 0 Å². The van der Waals surface area contributed by atoms with Crippen LogP contribution in [0.15, 0.2) is 42.5 Å². The number of non-ortho nitro benzene ring substituents is 1. The molecule has 0 atom stereocenters. The standard InChI is InChI=1S/C13H7F4NO2/c14-11-3-1-8(2-4-11)9-5-10(13(15,16)17)7-12(6-9)18(19)20/h1-7H. The van der Waals surface area contributed by atoms with Crippen LogP contribution < -0.4 is 0 Å². The molecule has 0 heterocycles. The predicted octanol–water partition coefficient (Wildman–Crippen LogP) is 4.42. The molecule has 0 bridgehead atoms. The van der Waals surface area contributed by atoms with E-state index in [4.69, 9.17) is 0 Å². The number of hydrogen-bond donors (Lipinski definition) is 0. The van der Waals surface area contributed by atoms with E-state index >= 15 is 0 Å². The summed E-state index contributed by atoms with van der Waals surface area (Å²) in [4.78, 5) is 9.80. The van der Waals surface area contributed by atoms with Crippen molar-refractivity contribution in [2.24, 2.45) is 0 Å². The highest BCUT2D eigenvalue weighted by molar-refractivity contribution is 5.67. The Hall–Kier alpha value is -2.44. The SMILES string of the molecule is O=[N+]([O-])c1cc(-c2ccc(F)cc2)cc(C(F)(F)F)c1. The average molecular weight is 285 g/mol. The van der Waals surface area contributed by atoms with E-state index in [9.17, 15) is 27.7 Å². The van der Waals surface area contributed by atoms with Gasteiger partial charge in [0, 0.05) is 12.1 Å². The van der Waals surface area contributed by atoms with Crippen LogP contribution in [0.25, 0.3) is 11.1 Å². The molecule has 2 rings (SSSR count). The fraction of sp³-hybridized carbons (Fsp3) is 0.0769. The lowest BCUT2D eigenvalue weighted by molar-refractivity contribution is -0.385. The Morgan fingerprint density at radius 3 is 2.05 bits per heavy atom. The van der Waals surface area contributed by atoms with Crippen molar-refractivity contribution >= 4 is 5.69 Å². The number of nitro benzene ring substituents is 1. The topological polar surface area (TPSA) is 43.1 Å². The van der Waals surface area contributed by atoms with E-state index in [1.54, 1.807) is 0 Å². The van der Waals surface area contributed by atoms with Crippen LogP contribution in [-0.4, -0.2) is 4.92 Å². The quantitative estimate of drug-likeness (QED) is 0.465. The van der Waals surface area contributed by atoms with Crippen LogP contribution in [-0.2, 0) is 6.18 Å². The fourth-order valence-corrected chi connectivity index (χ4v) is 1.69. The molecule has 2 aromatic carbocycles. The van der Waals surface area contributed by atoms with E-state index in [-0.39, 0.29) is 11.1 Å². The molecule has 0 fully saturated rings. The molecule has 0 saturated carbocycles. The lowest BCUT2D eigenvalue weighted by Crippen LogP contribution is -2.06. The minimum absolute atomic E-state index is 0.00604. The summed E-state index contributed by atoms with van der Waals surface area (Å²) in [6.07, 6.45) is -4.69. The predicted molar refractivity (Wildman–Crippen MR) is 63.5 cm³/mol. The number of benzene rings is 2. The number of rotatable bonds is 2. The molecule has 0 aliphatic heterocycles. The van der Waals surface area contributed by atoms with Gasteiger partial charge < -0.3 is 0 Å². The third-order valence-corrected chi connectivity index (χ3v) is 2.63. The maximum absolute atomic E-state index is 12.8. The molecule has 3 nitrogen and oxygen atoms in total. The molecular weight excluding hydrogens is 278 g/mol. The van der Waals surface area contributed by atoms with E-state index in [0.717, 1.165) is 24.3 Å². The molecule has 0 amide bonds. The molecule has 20 heavy (non-hydrogen) atoms. The van der Waals surface area contributed by atoms with Gasteiger partial charge in [0.15, 0.2) is 0 Å². The van der Waals surface area contributed by atoms with Gasteiger partial charge in [0.05, 0.1) is 10.5 Å². The molecule has 0 aliphatic rings. The second kappa shape index (κ2) is 4.92. The molecule has 0 radical (unpaired) electrons. The van der Waals surface area contributed by atoms with Gasteiger partial charge >= 0.3 is 6.18 Å². The molecule has 0 saturated heterocycles. The Balaban J connectivity index is 2.60. The summed E-state index contributed by atoms with van der Waals surface area (Å²) in [5, 5.41) is 10.7. The zero-order chi connectivity index (χ0) is 14.9. The van der Waals surface area contributed by atoms with E-state index in [2.05, 4.69) is 0 Å². The number of hydrogen-bond acceptors (Lipinski definition) is 2. The van der Waals surface area contributed by atoms with Crippen LogP contribution in [0.2, 0.25) is 0 Å². The summed E-state index contributed by atoms with van der Waals surface area (Å²) in [5.41, 5.74) is -1.52. The molecule has 7 heteroatoms. The minimum Gasteiger partial charge on any atom is -0.258 e. The molecule has 0 spiro atoms. The molecule has 0 N–H and O–H groups in total. The summed E-state index contributed by atoms with van der Waals surface area (Å²) in [7, 11) is 0. The summed E-state index contributed by atoms with van der Waals surface area (Å²) in [6, 6.07) is 6.93. The van der Waals surface area contributed by atoms with Crippen molar-refractivity contribution in [1.82, 2.24) is 0 Å². The number of halogens is 4. The Morgan fingerprint density at radius 2 is 1.55 bits per heavy atom. The molecule has 0 aliphatic carbocycles. The third kappa shape index (κ3) is 2.93. The largest absolute Gasteiger partial charge is 0.416 e. The first-order chi connectivity index (χ1) is 9.27. The lowest BCUT2D eigenvalue weighted by Gasteiger charge is -2.09. The van der Waals surface area contributed by atoms with Crippen molar-refractivity contribution in [3.8, 4) is 11.1 Å². The van der Waals surface area contributed by atoms with E-state index in [0.29, 0.717) is 6.07 Å². The highest BCUT2D eigenvalue weighted by Gasteiger charge is 2.32. The summed E-state index contributed by atoms with van der Waals surface area (Å²) < 4.78 is 50.9. The van der Waals surface area contributed by atoms with Gasteiger partial charge in [0.25, 0.3) is 5.69 Å². The van der Waals surface area contributed by atoms with Gasteiger partial charge in [-0.2, -0.15) is 13.2 Å². The van der Waals surface area contributed by atoms with Crippen LogP contribution in [0.1, 0.15) is 5.56 Å². The molecule has 0 aromatic heterocycles. The van der Waals surface area contributed by atoms with Crippen LogP contribution >= 0.6 is 0 Å². The highest BCUT2D eigenvalue weighted by Crippen LogP contribution is 2.35. The van der Waals surface area contributed by atoms with Crippen molar-refractivity contribution in [1.29, 1.82) is 0 Å². The van der Waals surface area contributed by atoms with E-state index in [1.807, 2.05) is 0 Å². The van der Waals surface area contributed by atoms with E-state index < -0.39 is 28.2 Å². The maximum Gasteiger partial charge on any atom is 0.416 e. The molecular formula is C13H7F4NO2. The van der Waals surface area contributed by atoms with Gasteiger partial charge in [-0.25, -0.2) is 4.39 Å². The second-order valence-electron chi connectivity index (χ2n) is 4.03. The van der Waals surface area contributed by atoms with Gasteiger partial charge in [0.2, 0.25) is 0 Å². The number of nitro groups is 1. The minimum atomic E-state index is -4.69. The zero-order valence-corrected chi connectivity index (χ0v) is 9.82. The van der Waals surface area contributed by atoms with Gasteiger partial charge in [-0.3, -0.25) is 10.1 Å². The fourth-order valence-electron chi connectivity index (χ4n) is 1.69. The maximum atomic E-state index is 12.8. The van der Waals surface area contributed by atoms with Crippen LogP contribution in [0.4, 0.5) is 23.2 Å². The number of nitrogens with zero attached hydrogens (tertiary/aromatic N) is 1. The Morgan fingerprint density at radius 1 is 0.950 bits per heavy atom. The van der Waals surface area contributed by atoms with Crippen molar-refractivity contribution in [3.63, 3.8) is 0 Å². The molecule has 2 aromatic rings. The van der Waals surface area contributed by atoms with Crippen LogP contribution in [0.5, 0.6) is 0 Å². The highest BCUT2D eigenvalue weighted by atomic mass is 19.4. The smallest absolute Gasteiger partial charge is 0.258 e. The Kier molecular flexibility index (Phi) is 3.44. The van der Waals surface area contributed by atoms with Crippen molar-refractivity contribution in [3.05, 3.63) is 64.0 Å². The summed E-state index contributed by atoms with van der Waals surface area (Å²) in [6.45, 7) is 0. The van der Waals surface area contributed by atoms with Crippen LogP contribution in [0.3, 0.4) is 0 Å². The number of alkyl halides is 3. The zero-order valence-electron chi connectivity index (χ0n) is 9.82. The Labute approximate surface area is 110 Å². The first kappa shape index (κ1) is 14.0. The van der Waals surface area contributed by atoms with E-state index in [1.165, 1.54) is 12.1 Å². The van der Waals surface area contributed by atoms with Crippen molar-refractivity contribution in [2.45, 2.75) is 6.18 Å². The van der Waals surface area contributed by atoms with Crippen LogP contribution in [0, 0.1) is 15.9 Å². The van der Waals surface area contributed by atoms with Gasteiger partial charge in [-0.05, 0) is 29.3 Å². The monoisotopic (exact) mass is 285 g/mol. The molecule has 0 unspecified atom stereocenters.